The maximum absolute atomic E-state index is 12.3. The SMILES string of the molecule is Nc1sc2c(c1C(=O)NCc1ccccc1Cl)CCC2. The normalized spacial score (nSPS) is 13.2. The Balaban J connectivity index is 1.76. The number of benzene rings is 1. The fraction of sp³-hybridized carbons (Fsp3) is 0.267. The summed E-state index contributed by atoms with van der Waals surface area (Å²) in [5, 5.41) is 4.21. The molecule has 1 aliphatic rings. The number of amides is 1. The Morgan fingerprint density at radius 3 is 2.95 bits per heavy atom. The van der Waals surface area contributed by atoms with E-state index in [0.717, 1.165) is 30.4 Å². The molecule has 1 aliphatic carbocycles. The second-order valence-corrected chi connectivity index (χ2v) is 6.41. The molecule has 2 aromatic rings. The van der Waals surface area contributed by atoms with Crippen molar-refractivity contribution >= 4 is 33.8 Å². The number of aryl methyl sites for hydroxylation is 1. The summed E-state index contributed by atoms with van der Waals surface area (Å²) in [5.74, 6) is -0.0955. The molecular weight excluding hydrogens is 292 g/mol. The van der Waals surface area contributed by atoms with Gasteiger partial charge in [0.2, 0.25) is 0 Å². The van der Waals surface area contributed by atoms with Gasteiger partial charge in [-0.05, 0) is 36.5 Å². The number of nitrogen functional groups attached to an aromatic ring is 1. The number of anilines is 1. The first kappa shape index (κ1) is 13.5. The van der Waals surface area contributed by atoms with Gasteiger partial charge < -0.3 is 11.1 Å². The summed E-state index contributed by atoms with van der Waals surface area (Å²) in [5.41, 5.74) is 8.71. The highest BCUT2D eigenvalue weighted by Crippen LogP contribution is 2.37. The molecule has 0 radical (unpaired) electrons. The van der Waals surface area contributed by atoms with Gasteiger partial charge in [-0.3, -0.25) is 4.79 Å². The molecule has 3 nitrogen and oxygen atoms in total. The molecule has 104 valence electrons. The van der Waals surface area contributed by atoms with Crippen LogP contribution in [0.2, 0.25) is 5.02 Å². The maximum atomic E-state index is 12.3. The quantitative estimate of drug-likeness (QED) is 0.913. The van der Waals surface area contributed by atoms with Gasteiger partial charge in [-0.25, -0.2) is 0 Å². The van der Waals surface area contributed by atoms with Crippen LogP contribution in [0, 0.1) is 0 Å². The van der Waals surface area contributed by atoms with Crippen LogP contribution < -0.4 is 11.1 Å². The van der Waals surface area contributed by atoms with E-state index in [1.807, 2.05) is 24.3 Å². The molecule has 0 spiro atoms. The number of rotatable bonds is 3. The number of halogens is 1. The summed E-state index contributed by atoms with van der Waals surface area (Å²) in [6.07, 6.45) is 3.12. The zero-order chi connectivity index (χ0) is 14.1. The van der Waals surface area contributed by atoms with Crippen molar-refractivity contribution in [3.63, 3.8) is 0 Å². The molecular formula is C15H15ClN2OS. The Morgan fingerprint density at radius 2 is 2.15 bits per heavy atom. The van der Waals surface area contributed by atoms with E-state index in [1.165, 1.54) is 4.88 Å². The lowest BCUT2D eigenvalue weighted by Gasteiger charge is -2.08. The van der Waals surface area contributed by atoms with Crippen molar-refractivity contribution in [3.05, 3.63) is 50.9 Å². The lowest BCUT2D eigenvalue weighted by Crippen LogP contribution is -2.24. The van der Waals surface area contributed by atoms with Crippen molar-refractivity contribution in [2.75, 3.05) is 5.73 Å². The summed E-state index contributed by atoms with van der Waals surface area (Å²) in [6, 6.07) is 7.51. The van der Waals surface area contributed by atoms with Crippen LogP contribution in [-0.4, -0.2) is 5.91 Å². The van der Waals surface area contributed by atoms with Gasteiger partial charge in [0.05, 0.1) is 10.6 Å². The Morgan fingerprint density at radius 1 is 1.35 bits per heavy atom. The van der Waals surface area contributed by atoms with E-state index in [1.54, 1.807) is 11.3 Å². The first-order valence-electron chi connectivity index (χ1n) is 6.58. The van der Waals surface area contributed by atoms with Crippen LogP contribution in [0.25, 0.3) is 0 Å². The zero-order valence-electron chi connectivity index (χ0n) is 10.9. The van der Waals surface area contributed by atoms with Crippen molar-refractivity contribution in [2.45, 2.75) is 25.8 Å². The van der Waals surface area contributed by atoms with Crippen molar-refractivity contribution in [1.82, 2.24) is 5.32 Å². The third-order valence-electron chi connectivity index (χ3n) is 3.57. The Hall–Kier alpha value is -1.52. The average molecular weight is 307 g/mol. The average Bonchev–Trinajstić information content (AvgIpc) is 2.97. The molecule has 1 aromatic heterocycles. The molecule has 0 fully saturated rings. The van der Waals surface area contributed by atoms with Gasteiger partial charge in [0.15, 0.2) is 0 Å². The molecule has 0 bridgehead atoms. The standard InChI is InChI=1S/C15H15ClN2OS/c16-11-6-2-1-4-9(11)8-18-15(19)13-10-5-3-7-12(10)20-14(13)17/h1-2,4,6H,3,5,7-8,17H2,(H,18,19). The molecule has 3 rings (SSSR count). The van der Waals surface area contributed by atoms with Gasteiger partial charge in [0.1, 0.15) is 0 Å². The predicted octanol–water partition coefficient (Wildman–Crippen LogP) is 3.40. The minimum absolute atomic E-state index is 0.0955. The van der Waals surface area contributed by atoms with E-state index in [2.05, 4.69) is 5.32 Å². The van der Waals surface area contributed by atoms with E-state index < -0.39 is 0 Å². The number of fused-ring (bicyclic) bond motifs is 1. The minimum atomic E-state index is -0.0955. The summed E-state index contributed by atoms with van der Waals surface area (Å²) in [7, 11) is 0. The summed E-state index contributed by atoms with van der Waals surface area (Å²) < 4.78 is 0. The lowest BCUT2D eigenvalue weighted by molar-refractivity contribution is 0.0951. The Labute approximate surface area is 126 Å². The van der Waals surface area contributed by atoms with E-state index in [0.29, 0.717) is 22.1 Å². The van der Waals surface area contributed by atoms with Gasteiger partial charge in [0.25, 0.3) is 5.91 Å². The Kier molecular flexibility index (Phi) is 3.68. The monoisotopic (exact) mass is 306 g/mol. The van der Waals surface area contributed by atoms with Crippen LogP contribution in [0.3, 0.4) is 0 Å². The highest BCUT2D eigenvalue weighted by Gasteiger charge is 2.25. The van der Waals surface area contributed by atoms with Crippen LogP contribution in [0.1, 0.15) is 32.8 Å². The van der Waals surface area contributed by atoms with Crippen LogP contribution in [0.5, 0.6) is 0 Å². The first-order valence-corrected chi connectivity index (χ1v) is 7.78. The highest BCUT2D eigenvalue weighted by molar-refractivity contribution is 7.16. The fourth-order valence-electron chi connectivity index (χ4n) is 2.58. The third kappa shape index (κ3) is 2.41. The molecule has 1 aromatic carbocycles. The number of nitrogens with one attached hydrogen (secondary N) is 1. The van der Waals surface area contributed by atoms with Crippen molar-refractivity contribution in [2.24, 2.45) is 0 Å². The molecule has 0 unspecified atom stereocenters. The zero-order valence-corrected chi connectivity index (χ0v) is 12.5. The summed E-state index contributed by atoms with van der Waals surface area (Å²) in [6.45, 7) is 0.419. The minimum Gasteiger partial charge on any atom is -0.390 e. The second-order valence-electron chi connectivity index (χ2n) is 4.87. The predicted molar refractivity (Wildman–Crippen MR) is 83.4 cm³/mol. The van der Waals surface area contributed by atoms with E-state index >= 15 is 0 Å². The van der Waals surface area contributed by atoms with Gasteiger partial charge in [-0.1, -0.05) is 29.8 Å². The molecule has 20 heavy (non-hydrogen) atoms. The van der Waals surface area contributed by atoms with E-state index in [-0.39, 0.29) is 5.91 Å². The maximum Gasteiger partial charge on any atom is 0.254 e. The number of nitrogens with two attached hydrogens (primary N) is 1. The van der Waals surface area contributed by atoms with Crippen LogP contribution in [0.4, 0.5) is 5.00 Å². The number of carbonyl (C=O) groups is 1. The van der Waals surface area contributed by atoms with Crippen LogP contribution >= 0.6 is 22.9 Å². The molecule has 3 N–H and O–H groups in total. The highest BCUT2D eigenvalue weighted by atomic mass is 35.5. The van der Waals surface area contributed by atoms with Gasteiger partial charge in [-0.2, -0.15) is 0 Å². The van der Waals surface area contributed by atoms with Crippen LogP contribution in [-0.2, 0) is 19.4 Å². The number of carbonyl (C=O) groups excluding carboxylic acids is 1. The number of hydrogen-bond donors (Lipinski definition) is 2. The molecule has 1 amide bonds. The lowest BCUT2D eigenvalue weighted by atomic mass is 10.1. The fourth-order valence-corrected chi connectivity index (χ4v) is 3.94. The van der Waals surface area contributed by atoms with Crippen molar-refractivity contribution in [3.8, 4) is 0 Å². The summed E-state index contributed by atoms with van der Waals surface area (Å²) >= 11 is 7.63. The van der Waals surface area contributed by atoms with Crippen molar-refractivity contribution in [1.29, 1.82) is 0 Å². The topological polar surface area (TPSA) is 55.1 Å². The molecule has 0 aliphatic heterocycles. The molecule has 0 saturated heterocycles. The molecule has 0 saturated carbocycles. The van der Waals surface area contributed by atoms with Crippen LogP contribution in [0.15, 0.2) is 24.3 Å². The Bertz CT molecular complexity index is 666. The number of thiophene rings is 1. The van der Waals surface area contributed by atoms with E-state index in [4.69, 9.17) is 17.3 Å². The smallest absolute Gasteiger partial charge is 0.254 e. The first-order chi connectivity index (χ1) is 9.66. The largest absolute Gasteiger partial charge is 0.390 e. The van der Waals surface area contributed by atoms with Gasteiger partial charge in [0, 0.05) is 16.4 Å². The van der Waals surface area contributed by atoms with Gasteiger partial charge in [-0.15, -0.1) is 11.3 Å². The second kappa shape index (κ2) is 5.46. The molecule has 0 atom stereocenters. The van der Waals surface area contributed by atoms with E-state index in [9.17, 15) is 4.79 Å². The number of hydrogen-bond acceptors (Lipinski definition) is 3. The molecule has 1 heterocycles. The van der Waals surface area contributed by atoms with Gasteiger partial charge >= 0.3 is 0 Å². The summed E-state index contributed by atoms with van der Waals surface area (Å²) in [4.78, 5) is 13.6. The molecule has 5 heteroatoms. The van der Waals surface area contributed by atoms with Crippen molar-refractivity contribution < 1.29 is 4.79 Å². The third-order valence-corrected chi connectivity index (χ3v) is 5.06.